The predicted octanol–water partition coefficient (Wildman–Crippen LogP) is 2.50. The van der Waals surface area contributed by atoms with Crippen LogP contribution in [0.1, 0.15) is 74.7 Å². The average molecular weight is 435 g/mol. The van der Waals surface area contributed by atoms with Crippen LogP contribution in [0.3, 0.4) is 0 Å². The third-order valence-electron chi connectivity index (χ3n) is 7.68. The molecule has 176 valence electrons. The Kier molecular flexibility index (Phi) is 6.60. The summed E-state index contributed by atoms with van der Waals surface area (Å²) in [6.45, 7) is 17.5. The zero-order valence-electron chi connectivity index (χ0n) is 20.7. The maximum atomic E-state index is 13.6. The van der Waals surface area contributed by atoms with E-state index in [4.69, 9.17) is 9.31 Å². The average Bonchev–Trinajstić information content (AvgIpc) is 3.18. The molecular weight excluding hydrogens is 393 g/mol. The predicted molar refractivity (Wildman–Crippen MR) is 123 cm³/mol. The van der Waals surface area contributed by atoms with Crippen molar-refractivity contribution in [1.82, 2.24) is 16.0 Å². The van der Waals surface area contributed by atoms with Crippen molar-refractivity contribution in [3.8, 4) is 0 Å². The highest BCUT2D eigenvalue weighted by Crippen LogP contribution is 2.49. The molecule has 3 rings (SSSR count). The first kappa shape index (κ1) is 24.5. The van der Waals surface area contributed by atoms with Gasteiger partial charge in [0.2, 0.25) is 11.8 Å². The highest BCUT2D eigenvalue weighted by molar-refractivity contribution is 6.45. The highest BCUT2D eigenvalue weighted by atomic mass is 16.7. The first-order valence-corrected chi connectivity index (χ1v) is 11.8. The van der Waals surface area contributed by atoms with Crippen molar-refractivity contribution in [3.05, 3.63) is 0 Å². The lowest BCUT2D eigenvalue weighted by Crippen LogP contribution is -2.64. The van der Waals surface area contributed by atoms with Gasteiger partial charge in [0.15, 0.2) is 0 Å². The fourth-order valence-electron chi connectivity index (χ4n) is 5.65. The van der Waals surface area contributed by atoms with E-state index in [9.17, 15) is 9.59 Å². The molecule has 7 nitrogen and oxygen atoms in total. The summed E-state index contributed by atoms with van der Waals surface area (Å²) in [5.41, 5.74) is -1.88. The smallest absolute Gasteiger partial charge is 0.403 e. The summed E-state index contributed by atoms with van der Waals surface area (Å²) < 4.78 is 12.3. The number of rotatable bonds is 6. The van der Waals surface area contributed by atoms with Crippen LogP contribution in [0.15, 0.2) is 0 Å². The maximum Gasteiger partial charge on any atom is 0.457 e. The normalized spacial score (nSPS) is 33.9. The van der Waals surface area contributed by atoms with Crippen LogP contribution in [0.2, 0.25) is 6.32 Å². The van der Waals surface area contributed by atoms with Crippen LogP contribution in [0.5, 0.6) is 0 Å². The van der Waals surface area contributed by atoms with Crippen molar-refractivity contribution in [2.24, 2.45) is 17.8 Å². The van der Waals surface area contributed by atoms with E-state index in [1.807, 2.05) is 20.8 Å². The largest absolute Gasteiger partial charge is 0.457 e. The molecular formula is C23H42BN3O4. The molecule has 3 N–H and O–H groups in total. The fourth-order valence-corrected chi connectivity index (χ4v) is 5.65. The monoisotopic (exact) mass is 435 g/mol. The summed E-state index contributed by atoms with van der Waals surface area (Å²) in [6, 6.07) is 0. The second kappa shape index (κ2) is 8.34. The molecule has 31 heavy (non-hydrogen) atoms. The van der Waals surface area contributed by atoms with Gasteiger partial charge in [-0.3, -0.25) is 9.59 Å². The second-order valence-corrected chi connectivity index (χ2v) is 11.9. The summed E-state index contributed by atoms with van der Waals surface area (Å²) in [7, 11) is -0.234. The SMILES string of the molecule is CC(=O)NC1(C(=O)NC(C)(C)C)CC2CNCC2C1CCCB1OC(C)(C)C(C)(C)O1. The van der Waals surface area contributed by atoms with E-state index in [1.54, 1.807) is 0 Å². The van der Waals surface area contributed by atoms with Gasteiger partial charge in [0.1, 0.15) is 5.54 Å². The summed E-state index contributed by atoms with van der Waals surface area (Å²) in [5.74, 6) is 0.676. The van der Waals surface area contributed by atoms with Crippen LogP contribution in [-0.2, 0) is 18.9 Å². The lowest BCUT2D eigenvalue weighted by Gasteiger charge is -2.39. The van der Waals surface area contributed by atoms with Crippen molar-refractivity contribution in [1.29, 1.82) is 0 Å². The first-order valence-electron chi connectivity index (χ1n) is 11.8. The van der Waals surface area contributed by atoms with Crippen LogP contribution in [0.4, 0.5) is 0 Å². The number of hydrogen-bond donors (Lipinski definition) is 3. The maximum absolute atomic E-state index is 13.6. The van der Waals surface area contributed by atoms with E-state index in [0.717, 1.165) is 32.3 Å². The fraction of sp³-hybridized carbons (Fsp3) is 0.913. The van der Waals surface area contributed by atoms with Crippen LogP contribution in [-0.4, -0.2) is 54.3 Å². The zero-order chi connectivity index (χ0) is 23.2. The van der Waals surface area contributed by atoms with Gasteiger partial charge in [-0.25, -0.2) is 0 Å². The molecule has 0 bridgehead atoms. The van der Waals surface area contributed by atoms with Gasteiger partial charge >= 0.3 is 7.12 Å². The van der Waals surface area contributed by atoms with Gasteiger partial charge in [-0.15, -0.1) is 0 Å². The summed E-state index contributed by atoms with van der Waals surface area (Å²) in [6.07, 6.45) is 3.21. The van der Waals surface area contributed by atoms with Crippen molar-refractivity contribution in [2.45, 2.75) is 103 Å². The van der Waals surface area contributed by atoms with Crippen molar-refractivity contribution in [2.75, 3.05) is 13.1 Å². The van der Waals surface area contributed by atoms with E-state index < -0.39 is 5.54 Å². The Morgan fingerprint density at radius 1 is 1.10 bits per heavy atom. The number of hydrogen-bond acceptors (Lipinski definition) is 5. The molecule has 3 aliphatic rings. The number of fused-ring (bicyclic) bond motifs is 1. The Balaban J connectivity index is 1.75. The van der Waals surface area contributed by atoms with Crippen LogP contribution < -0.4 is 16.0 Å². The Bertz CT molecular complexity index is 689. The van der Waals surface area contributed by atoms with Gasteiger partial charge in [0.05, 0.1) is 11.2 Å². The molecule has 1 aliphatic carbocycles. The van der Waals surface area contributed by atoms with E-state index in [2.05, 4.69) is 43.6 Å². The molecule has 2 amide bonds. The summed E-state index contributed by atoms with van der Waals surface area (Å²) >= 11 is 0. The Morgan fingerprint density at radius 2 is 1.71 bits per heavy atom. The van der Waals surface area contributed by atoms with Crippen molar-refractivity contribution >= 4 is 18.9 Å². The molecule has 0 aromatic heterocycles. The zero-order valence-corrected chi connectivity index (χ0v) is 20.7. The molecule has 2 heterocycles. The number of carbonyl (C=O) groups excluding carboxylic acids is 2. The standard InChI is InChI=1S/C23H42BN3O4/c1-15(28)26-23(19(29)27-20(2,3)4)12-16-13-25-14-17(16)18(23)10-9-11-24-30-21(5,6)22(7,8)31-24/h16-18,25H,9-14H2,1-8H3,(H,26,28)(H,27,29). The van der Waals surface area contributed by atoms with Crippen molar-refractivity contribution in [3.63, 3.8) is 0 Å². The minimum atomic E-state index is -0.855. The Hall–Kier alpha value is -1.12. The number of nitrogens with one attached hydrogen (secondary N) is 3. The molecule has 0 radical (unpaired) electrons. The first-order chi connectivity index (χ1) is 14.2. The molecule has 1 saturated carbocycles. The third kappa shape index (κ3) is 4.96. The molecule has 4 atom stereocenters. The van der Waals surface area contributed by atoms with Crippen LogP contribution in [0, 0.1) is 17.8 Å². The van der Waals surface area contributed by atoms with Gasteiger partial charge in [-0.05, 0) is 98.5 Å². The lowest BCUT2D eigenvalue weighted by atomic mass is 9.74. The minimum absolute atomic E-state index is 0.0507. The topological polar surface area (TPSA) is 88.7 Å². The molecule has 0 aromatic carbocycles. The molecule has 3 fully saturated rings. The van der Waals surface area contributed by atoms with Gasteiger partial charge < -0.3 is 25.3 Å². The van der Waals surface area contributed by atoms with E-state index in [0.29, 0.717) is 18.3 Å². The lowest BCUT2D eigenvalue weighted by molar-refractivity contribution is -0.136. The quantitative estimate of drug-likeness (QED) is 0.558. The Labute approximate surface area is 188 Å². The third-order valence-corrected chi connectivity index (χ3v) is 7.68. The van der Waals surface area contributed by atoms with Gasteiger partial charge in [-0.1, -0.05) is 6.42 Å². The molecule has 4 unspecified atom stereocenters. The molecule has 0 spiro atoms. The number of carbonyl (C=O) groups is 2. The summed E-state index contributed by atoms with van der Waals surface area (Å²) in [5, 5.41) is 9.77. The summed E-state index contributed by atoms with van der Waals surface area (Å²) in [4.78, 5) is 25.8. The van der Waals surface area contributed by atoms with Gasteiger partial charge in [0, 0.05) is 12.5 Å². The van der Waals surface area contributed by atoms with Gasteiger partial charge in [0.25, 0.3) is 0 Å². The van der Waals surface area contributed by atoms with Gasteiger partial charge in [-0.2, -0.15) is 0 Å². The minimum Gasteiger partial charge on any atom is -0.403 e. The Morgan fingerprint density at radius 3 is 2.26 bits per heavy atom. The van der Waals surface area contributed by atoms with Crippen LogP contribution >= 0.6 is 0 Å². The second-order valence-electron chi connectivity index (χ2n) is 11.9. The number of amides is 2. The van der Waals surface area contributed by atoms with E-state index >= 15 is 0 Å². The van der Waals surface area contributed by atoms with Crippen LogP contribution in [0.25, 0.3) is 0 Å². The molecule has 0 aromatic rings. The molecule has 2 saturated heterocycles. The molecule has 2 aliphatic heterocycles. The highest BCUT2D eigenvalue weighted by Gasteiger charge is 2.59. The van der Waals surface area contributed by atoms with E-state index in [1.165, 1.54) is 6.92 Å². The van der Waals surface area contributed by atoms with Crippen molar-refractivity contribution < 1.29 is 18.9 Å². The van der Waals surface area contributed by atoms with E-state index in [-0.39, 0.29) is 41.6 Å². The molecule has 8 heteroatoms.